The number of anilines is 2. The zero-order valence-electron chi connectivity index (χ0n) is 16.6. The molecule has 2 amide bonds. The van der Waals surface area contributed by atoms with E-state index in [9.17, 15) is 9.59 Å². The molecule has 0 radical (unpaired) electrons. The van der Waals surface area contributed by atoms with Crippen molar-refractivity contribution in [2.45, 2.75) is 6.04 Å². The average molecular weight is 411 g/mol. The molecule has 0 aromatic heterocycles. The number of carbonyl (C=O) groups is 2. The fraction of sp³-hybridized carbons (Fsp3) is 0.364. The molecule has 2 aliphatic rings. The highest BCUT2D eigenvalue weighted by molar-refractivity contribution is 7.99. The monoisotopic (exact) mass is 410 g/mol. The van der Waals surface area contributed by atoms with Gasteiger partial charge in [0.05, 0.1) is 5.88 Å². The molecule has 2 aromatic carbocycles. The topological polar surface area (TPSA) is 55.9 Å². The third kappa shape index (κ3) is 4.57. The summed E-state index contributed by atoms with van der Waals surface area (Å²) >= 11 is 1.61. The van der Waals surface area contributed by atoms with Crippen LogP contribution in [0.15, 0.2) is 54.6 Å². The molecule has 2 saturated heterocycles. The molecule has 0 aliphatic carbocycles. The summed E-state index contributed by atoms with van der Waals surface area (Å²) in [4.78, 5) is 32.0. The van der Waals surface area contributed by atoms with Gasteiger partial charge in [0.2, 0.25) is 5.91 Å². The number of nitrogens with zero attached hydrogens (tertiary/aromatic N) is 3. The Hall–Kier alpha value is -2.51. The smallest absolute Gasteiger partial charge is 0.255 e. The van der Waals surface area contributed by atoms with Crippen molar-refractivity contribution in [2.75, 3.05) is 55.1 Å². The van der Waals surface area contributed by atoms with Gasteiger partial charge in [0.15, 0.2) is 0 Å². The van der Waals surface area contributed by atoms with Gasteiger partial charge in [-0.05, 0) is 43.4 Å². The Morgan fingerprint density at radius 3 is 2.34 bits per heavy atom. The van der Waals surface area contributed by atoms with Crippen LogP contribution in [0.3, 0.4) is 0 Å². The third-order valence-electron chi connectivity index (χ3n) is 5.47. The number of rotatable bonds is 4. The van der Waals surface area contributed by atoms with E-state index in [0.29, 0.717) is 17.2 Å². The highest BCUT2D eigenvalue weighted by atomic mass is 32.2. The molecule has 0 spiro atoms. The van der Waals surface area contributed by atoms with Crippen molar-refractivity contribution in [3.63, 3.8) is 0 Å². The summed E-state index contributed by atoms with van der Waals surface area (Å²) in [6.07, 6.45) is 0. The Bertz CT molecular complexity index is 851. The fourth-order valence-electron chi connectivity index (χ4n) is 3.65. The second-order valence-electron chi connectivity index (χ2n) is 7.48. The van der Waals surface area contributed by atoms with Crippen molar-refractivity contribution in [3.8, 4) is 0 Å². The maximum absolute atomic E-state index is 12.8. The van der Waals surface area contributed by atoms with E-state index in [1.54, 1.807) is 28.8 Å². The minimum Gasteiger partial charge on any atom is -0.369 e. The first-order chi connectivity index (χ1) is 14.1. The minimum atomic E-state index is -0.454. The number of benzene rings is 2. The molecule has 1 atom stereocenters. The lowest BCUT2D eigenvalue weighted by molar-refractivity contribution is -0.119. The van der Waals surface area contributed by atoms with Crippen LogP contribution in [-0.4, -0.2) is 72.5 Å². The highest BCUT2D eigenvalue weighted by Gasteiger charge is 2.35. The highest BCUT2D eigenvalue weighted by Crippen LogP contribution is 2.25. The SMILES string of the molecule is CN1CCN(c2ccc(NC(=O)C3CSCN3C(=O)c3ccccc3)cc2)CC1. The van der Waals surface area contributed by atoms with Gasteiger partial charge in [-0.25, -0.2) is 0 Å². The molecule has 2 aromatic rings. The summed E-state index contributed by atoms with van der Waals surface area (Å²) in [5, 5.41) is 2.98. The number of thioether (sulfide) groups is 1. The molecule has 6 nitrogen and oxygen atoms in total. The van der Waals surface area contributed by atoms with Crippen LogP contribution in [0.2, 0.25) is 0 Å². The standard InChI is InChI=1S/C22H26N4O2S/c1-24-11-13-25(14-12-24)19-9-7-18(8-10-19)23-21(27)20-15-29-16-26(20)22(28)17-5-3-2-4-6-17/h2-10,20H,11-16H2,1H3,(H,23,27). The summed E-state index contributed by atoms with van der Waals surface area (Å²) in [5.74, 6) is 0.922. The number of carbonyl (C=O) groups excluding carboxylic acids is 2. The average Bonchev–Trinajstić information content (AvgIpc) is 3.25. The predicted molar refractivity (Wildman–Crippen MR) is 119 cm³/mol. The lowest BCUT2D eigenvalue weighted by Crippen LogP contribution is -2.44. The van der Waals surface area contributed by atoms with Crippen molar-refractivity contribution in [1.82, 2.24) is 9.80 Å². The van der Waals surface area contributed by atoms with Gasteiger partial charge in [-0.15, -0.1) is 11.8 Å². The van der Waals surface area contributed by atoms with E-state index >= 15 is 0 Å². The molecule has 2 fully saturated rings. The molecule has 2 heterocycles. The zero-order chi connectivity index (χ0) is 20.2. The Kier molecular flexibility index (Phi) is 6.06. The predicted octanol–water partition coefficient (Wildman–Crippen LogP) is 2.59. The molecule has 7 heteroatoms. The van der Waals surface area contributed by atoms with Crippen LogP contribution >= 0.6 is 11.8 Å². The number of piperazine rings is 1. The van der Waals surface area contributed by atoms with Crippen LogP contribution < -0.4 is 10.2 Å². The van der Waals surface area contributed by atoms with E-state index < -0.39 is 6.04 Å². The number of nitrogens with one attached hydrogen (secondary N) is 1. The molecule has 1 N–H and O–H groups in total. The number of hydrogen-bond acceptors (Lipinski definition) is 5. The lowest BCUT2D eigenvalue weighted by atomic mass is 10.1. The Morgan fingerprint density at radius 1 is 0.966 bits per heavy atom. The van der Waals surface area contributed by atoms with Crippen LogP contribution in [0.5, 0.6) is 0 Å². The Labute approximate surface area is 175 Å². The van der Waals surface area contributed by atoms with Crippen molar-refractivity contribution in [1.29, 1.82) is 0 Å². The normalized spacial score (nSPS) is 20.0. The van der Waals surface area contributed by atoms with E-state index in [1.807, 2.05) is 30.3 Å². The Balaban J connectivity index is 1.39. The summed E-state index contributed by atoms with van der Waals surface area (Å²) in [7, 11) is 2.14. The van der Waals surface area contributed by atoms with Crippen molar-refractivity contribution >= 4 is 35.0 Å². The van der Waals surface area contributed by atoms with E-state index in [0.717, 1.165) is 31.9 Å². The maximum Gasteiger partial charge on any atom is 0.255 e. The first-order valence-electron chi connectivity index (χ1n) is 9.90. The van der Waals surface area contributed by atoms with Gasteiger partial charge in [0.25, 0.3) is 5.91 Å². The fourth-order valence-corrected chi connectivity index (χ4v) is 4.81. The van der Waals surface area contributed by atoms with E-state index in [1.165, 1.54) is 5.69 Å². The minimum absolute atomic E-state index is 0.0961. The first kappa shape index (κ1) is 19.8. The first-order valence-corrected chi connectivity index (χ1v) is 11.1. The molecule has 0 saturated carbocycles. The van der Waals surface area contributed by atoms with Crippen molar-refractivity contribution in [2.24, 2.45) is 0 Å². The van der Waals surface area contributed by atoms with E-state index in [4.69, 9.17) is 0 Å². The van der Waals surface area contributed by atoms with Gasteiger partial charge >= 0.3 is 0 Å². The van der Waals surface area contributed by atoms with Crippen molar-refractivity contribution < 1.29 is 9.59 Å². The molecule has 29 heavy (non-hydrogen) atoms. The second-order valence-corrected chi connectivity index (χ2v) is 8.48. The number of hydrogen-bond donors (Lipinski definition) is 1. The van der Waals surface area contributed by atoms with Gasteiger partial charge in [-0.2, -0.15) is 0 Å². The van der Waals surface area contributed by atoms with E-state index in [2.05, 4.69) is 34.3 Å². The van der Waals surface area contributed by atoms with Gasteiger partial charge in [0, 0.05) is 48.9 Å². The largest absolute Gasteiger partial charge is 0.369 e. The van der Waals surface area contributed by atoms with Crippen LogP contribution in [0.4, 0.5) is 11.4 Å². The van der Waals surface area contributed by atoms with Crippen LogP contribution in [-0.2, 0) is 4.79 Å². The number of amides is 2. The van der Waals surface area contributed by atoms with Crippen LogP contribution in [0.25, 0.3) is 0 Å². The molecule has 152 valence electrons. The van der Waals surface area contributed by atoms with Crippen molar-refractivity contribution in [3.05, 3.63) is 60.2 Å². The maximum atomic E-state index is 12.8. The van der Waals surface area contributed by atoms with Gasteiger partial charge < -0.3 is 20.0 Å². The molecular weight excluding hydrogens is 384 g/mol. The quantitative estimate of drug-likeness (QED) is 0.840. The summed E-state index contributed by atoms with van der Waals surface area (Å²) in [6.45, 7) is 4.14. The van der Waals surface area contributed by atoms with Gasteiger partial charge in [-0.1, -0.05) is 18.2 Å². The molecule has 1 unspecified atom stereocenters. The van der Waals surface area contributed by atoms with Gasteiger partial charge in [0.1, 0.15) is 6.04 Å². The summed E-state index contributed by atoms with van der Waals surface area (Å²) in [5.41, 5.74) is 2.55. The zero-order valence-corrected chi connectivity index (χ0v) is 17.4. The molecule has 4 rings (SSSR count). The van der Waals surface area contributed by atoms with Crippen LogP contribution in [0, 0.1) is 0 Å². The molecule has 2 aliphatic heterocycles. The van der Waals surface area contributed by atoms with E-state index in [-0.39, 0.29) is 11.8 Å². The Morgan fingerprint density at radius 2 is 1.66 bits per heavy atom. The third-order valence-corrected chi connectivity index (χ3v) is 6.48. The van der Waals surface area contributed by atoms with Crippen LogP contribution in [0.1, 0.15) is 10.4 Å². The summed E-state index contributed by atoms with van der Waals surface area (Å²) < 4.78 is 0. The lowest BCUT2D eigenvalue weighted by Gasteiger charge is -2.34. The number of likely N-dealkylation sites (N-methyl/N-ethyl adjacent to an activating group) is 1. The molecular formula is C22H26N4O2S. The second kappa shape index (κ2) is 8.88. The molecule has 0 bridgehead atoms. The van der Waals surface area contributed by atoms with Gasteiger partial charge in [-0.3, -0.25) is 9.59 Å². The summed E-state index contributed by atoms with van der Waals surface area (Å²) in [6, 6.07) is 16.7.